The number of halogens is 1. The Balaban J connectivity index is 2.80. The fourth-order valence-electron chi connectivity index (χ4n) is 1.97. The van der Waals surface area contributed by atoms with E-state index in [2.05, 4.69) is 20.8 Å². The highest BCUT2D eigenvalue weighted by Gasteiger charge is 2.41. The van der Waals surface area contributed by atoms with E-state index in [0.29, 0.717) is 11.4 Å². The fraction of sp³-hybridized carbons (Fsp3) is 0.588. The Labute approximate surface area is 149 Å². The molecule has 0 spiro atoms. The molecular formula is C17H25ClO3S2. The lowest BCUT2D eigenvalue weighted by molar-refractivity contribution is -0.120. The molecule has 0 aliphatic rings. The maximum Gasteiger partial charge on any atom is 0.190 e. The van der Waals surface area contributed by atoms with Gasteiger partial charge in [0.15, 0.2) is 15.6 Å². The molecule has 0 amide bonds. The van der Waals surface area contributed by atoms with Crippen LogP contribution >= 0.6 is 23.4 Å². The number of hydrogen-bond donors (Lipinski definition) is 0. The molecule has 0 saturated heterocycles. The lowest BCUT2D eigenvalue weighted by Gasteiger charge is -2.24. The number of benzene rings is 1. The van der Waals surface area contributed by atoms with E-state index in [-0.39, 0.29) is 21.8 Å². The molecule has 1 rings (SSSR count). The molecule has 0 fully saturated rings. The van der Waals surface area contributed by atoms with E-state index in [1.165, 1.54) is 38.1 Å². The van der Waals surface area contributed by atoms with Crippen molar-refractivity contribution < 1.29 is 13.2 Å². The number of hydrogen-bond acceptors (Lipinski definition) is 4. The zero-order valence-electron chi connectivity index (χ0n) is 14.3. The Morgan fingerprint density at radius 3 is 2.09 bits per heavy atom. The summed E-state index contributed by atoms with van der Waals surface area (Å²) >= 11 is 7.57. The van der Waals surface area contributed by atoms with Crippen molar-refractivity contribution in [1.29, 1.82) is 0 Å². The number of ketones is 1. The van der Waals surface area contributed by atoms with Crippen LogP contribution < -0.4 is 0 Å². The highest BCUT2D eigenvalue weighted by Crippen LogP contribution is 2.30. The minimum Gasteiger partial charge on any atom is -0.298 e. The molecule has 0 aromatic heterocycles. The molecule has 0 bridgehead atoms. The van der Waals surface area contributed by atoms with Crippen molar-refractivity contribution in [3.8, 4) is 0 Å². The summed E-state index contributed by atoms with van der Waals surface area (Å²) in [4.78, 5) is 12.6. The predicted molar refractivity (Wildman–Crippen MR) is 99.2 cm³/mol. The lowest BCUT2D eigenvalue weighted by Crippen LogP contribution is -2.40. The number of sulfone groups is 1. The average Bonchev–Trinajstić information content (AvgIpc) is 2.42. The lowest BCUT2D eigenvalue weighted by atomic mass is 10.0. The highest BCUT2D eigenvalue weighted by molar-refractivity contribution is 8.00. The normalized spacial score (nSPS) is 13.1. The number of thioether (sulfide) groups is 1. The van der Waals surface area contributed by atoms with Gasteiger partial charge in [0.1, 0.15) is 4.75 Å². The summed E-state index contributed by atoms with van der Waals surface area (Å²) in [5, 5.41) is 0.465. The Bertz CT molecular complexity index is 641. The van der Waals surface area contributed by atoms with Gasteiger partial charge in [0.2, 0.25) is 0 Å². The van der Waals surface area contributed by atoms with Gasteiger partial charge < -0.3 is 0 Å². The molecule has 130 valence electrons. The first-order valence-corrected chi connectivity index (χ1v) is 10.4. The van der Waals surface area contributed by atoms with Crippen molar-refractivity contribution in [3.05, 3.63) is 29.3 Å². The third-order valence-corrected chi connectivity index (χ3v) is 7.63. The van der Waals surface area contributed by atoms with E-state index in [9.17, 15) is 13.2 Å². The van der Waals surface area contributed by atoms with Gasteiger partial charge >= 0.3 is 0 Å². The van der Waals surface area contributed by atoms with Crippen LogP contribution in [0.25, 0.3) is 0 Å². The Morgan fingerprint density at radius 1 is 1.09 bits per heavy atom. The van der Waals surface area contributed by atoms with Crippen LogP contribution in [0.15, 0.2) is 29.2 Å². The predicted octanol–water partition coefficient (Wildman–Crippen LogP) is 4.77. The Kier molecular flexibility index (Phi) is 6.76. The molecule has 6 heteroatoms. The van der Waals surface area contributed by atoms with Crippen molar-refractivity contribution in [2.24, 2.45) is 0 Å². The third kappa shape index (κ3) is 5.50. The molecule has 0 atom stereocenters. The van der Waals surface area contributed by atoms with Gasteiger partial charge in [0, 0.05) is 16.2 Å². The molecule has 1 aromatic rings. The molecule has 0 saturated carbocycles. The van der Waals surface area contributed by atoms with Crippen LogP contribution in [0.4, 0.5) is 0 Å². The summed E-state index contributed by atoms with van der Waals surface area (Å²) in [7, 11) is -3.74. The van der Waals surface area contributed by atoms with Gasteiger partial charge in [-0.3, -0.25) is 4.79 Å². The number of carbonyl (C=O) groups is 1. The zero-order valence-corrected chi connectivity index (χ0v) is 16.7. The second kappa shape index (κ2) is 7.58. The van der Waals surface area contributed by atoms with Gasteiger partial charge in [-0.1, -0.05) is 32.4 Å². The standard InChI is InChI=1S/C17H25ClO3S2/c1-16(2,3)22-12-6-7-15(19)17(4,5)23(20,21)14-10-8-13(18)9-11-14/h8-11H,6-7,12H2,1-5H3. The van der Waals surface area contributed by atoms with Gasteiger partial charge in [-0.2, -0.15) is 11.8 Å². The minimum atomic E-state index is -3.74. The summed E-state index contributed by atoms with van der Waals surface area (Å²) in [6.07, 6.45) is 0.948. The highest BCUT2D eigenvalue weighted by atomic mass is 35.5. The monoisotopic (exact) mass is 376 g/mol. The van der Waals surface area contributed by atoms with Gasteiger partial charge in [0.05, 0.1) is 4.90 Å². The van der Waals surface area contributed by atoms with Crippen LogP contribution in [0, 0.1) is 0 Å². The molecule has 0 heterocycles. The van der Waals surface area contributed by atoms with E-state index in [1.54, 1.807) is 11.8 Å². The molecule has 0 aliphatic carbocycles. The quantitative estimate of drug-likeness (QED) is 0.643. The van der Waals surface area contributed by atoms with Gasteiger partial charge in [-0.15, -0.1) is 0 Å². The largest absolute Gasteiger partial charge is 0.298 e. The number of rotatable bonds is 7. The van der Waals surface area contributed by atoms with Gasteiger partial charge in [0.25, 0.3) is 0 Å². The van der Waals surface area contributed by atoms with Crippen LogP contribution in [-0.4, -0.2) is 29.4 Å². The van der Waals surface area contributed by atoms with Crippen LogP contribution in [0.2, 0.25) is 5.02 Å². The van der Waals surface area contributed by atoms with E-state index in [1.807, 2.05) is 0 Å². The van der Waals surface area contributed by atoms with Crippen LogP contribution in [0.3, 0.4) is 0 Å². The number of carbonyl (C=O) groups excluding carboxylic acids is 1. The zero-order chi connectivity index (χ0) is 17.9. The topological polar surface area (TPSA) is 51.2 Å². The molecule has 0 radical (unpaired) electrons. The van der Waals surface area contributed by atoms with Crippen molar-refractivity contribution >= 4 is 39.0 Å². The van der Waals surface area contributed by atoms with Crippen molar-refractivity contribution in [2.75, 3.05) is 5.75 Å². The third-order valence-electron chi connectivity index (χ3n) is 3.55. The summed E-state index contributed by atoms with van der Waals surface area (Å²) in [6, 6.07) is 5.94. The molecular weight excluding hydrogens is 352 g/mol. The molecule has 0 N–H and O–H groups in total. The maximum atomic E-state index is 12.7. The molecule has 23 heavy (non-hydrogen) atoms. The minimum absolute atomic E-state index is 0.129. The second-order valence-corrected chi connectivity index (χ2v) is 11.8. The molecule has 0 unspecified atom stereocenters. The summed E-state index contributed by atoms with van der Waals surface area (Å²) in [5.41, 5.74) is 0. The van der Waals surface area contributed by atoms with Crippen LogP contribution in [0.5, 0.6) is 0 Å². The maximum absolute atomic E-state index is 12.7. The van der Waals surface area contributed by atoms with E-state index in [4.69, 9.17) is 11.6 Å². The van der Waals surface area contributed by atoms with Crippen LogP contribution in [0.1, 0.15) is 47.5 Å². The summed E-state index contributed by atoms with van der Waals surface area (Å²) < 4.78 is 24.2. The first-order chi connectivity index (χ1) is 10.4. The first-order valence-electron chi connectivity index (χ1n) is 7.55. The Hall–Kier alpha value is -0.520. The average molecular weight is 377 g/mol. The molecule has 0 aliphatic heterocycles. The van der Waals surface area contributed by atoms with E-state index >= 15 is 0 Å². The Morgan fingerprint density at radius 2 is 1.61 bits per heavy atom. The van der Waals surface area contributed by atoms with E-state index < -0.39 is 14.6 Å². The first kappa shape index (κ1) is 20.5. The number of Topliss-reactive ketones (excluding diaryl/α,β-unsaturated/α-hetero) is 1. The molecule has 3 nitrogen and oxygen atoms in total. The van der Waals surface area contributed by atoms with Crippen molar-refractivity contribution in [1.82, 2.24) is 0 Å². The van der Waals surface area contributed by atoms with Crippen LogP contribution in [-0.2, 0) is 14.6 Å². The van der Waals surface area contributed by atoms with Gasteiger partial charge in [-0.25, -0.2) is 8.42 Å². The molecule has 1 aromatic carbocycles. The SMILES string of the molecule is CC(C)(C)SCCCC(=O)C(C)(C)S(=O)(=O)c1ccc(Cl)cc1. The summed E-state index contributed by atoms with van der Waals surface area (Å²) in [5.74, 6) is 0.591. The van der Waals surface area contributed by atoms with Crippen molar-refractivity contribution in [3.63, 3.8) is 0 Å². The van der Waals surface area contributed by atoms with Gasteiger partial charge in [-0.05, 0) is 50.3 Å². The van der Waals surface area contributed by atoms with Crippen molar-refractivity contribution in [2.45, 2.75) is 61.8 Å². The fourth-order valence-corrected chi connectivity index (χ4v) is 4.48. The smallest absolute Gasteiger partial charge is 0.190 e. The van der Waals surface area contributed by atoms with E-state index in [0.717, 1.165) is 5.75 Å². The summed E-state index contributed by atoms with van der Waals surface area (Å²) in [6.45, 7) is 9.32. The second-order valence-electron chi connectivity index (χ2n) is 6.96.